The van der Waals surface area contributed by atoms with Gasteiger partial charge in [-0.2, -0.15) is 10.2 Å². The van der Waals surface area contributed by atoms with Crippen LogP contribution in [0.5, 0.6) is 0 Å². The van der Waals surface area contributed by atoms with E-state index in [1.165, 1.54) is 5.56 Å². The van der Waals surface area contributed by atoms with Gasteiger partial charge in [0.25, 0.3) is 0 Å². The number of piperazine rings is 1. The molecule has 0 atom stereocenters. The molecule has 4 aromatic rings. The van der Waals surface area contributed by atoms with Crippen molar-refractivity contribution in [2.75, 3.05) is 38.1 Å². The molecule has 154 valence electrons. The fourth-order valence-corrected chi connectivity index (χ4v) is 3.42. The van der Waals surface area contributed by atoms with E-state index < -0.39 is 0 Å². The van der Waals surface area contributed by atoms with Gasteiger partial charge in [0, 0.05) is 42.8 Å². The number of hydrogen-bond acceptors (Lipinski definition) is 6. The Bertz CT molecular complexity index is 1100. The van der Waals surface area contributed by atoms with Gasteiger partial charge in [0.15, 0.2) is 11.6 Å². The lowest BCUT2D eigenvalue weighted by molar-refractivity contribution is 0.312. The van der Waals surface area contributed by atoms with Crippen LogP contribution in [0, 0.1) is 13.8 Å². The number of likely N-dealkylation sites (N-methyl/N-ethyl adjacent to an activating group) is 1. The molecule has 1 N–H and O–H groups in total. The SMILES string of the molecule is Cc1[nH]nc2ccc(-c3nncc(N4CCN(C)CC4)n3)cc12.Cc1ccccc1. The van der Waals surface area contributed by atoms with Crippen molar-refractivity contribution in [2.24, 2.45) is 0 Å². The molecule has 0 bridgehead atoms. The minimum Gasteiger partial charge on any atom is -0.353 e. The number of aryl methyl sites for hydroxylation is 2. The van der Waals surface area contributed by atoms with Crippen LogP contribution in [0.4, 0.5) is 5.82 Å². The van der Waals surface area contributed by atoms with Gasteiger partial charge in [-0.15, -0.1) is 5.10 Å². The van der Waals surface area contributed by atoms with Crippen LogP contribution in [0.15, 0.2) is 54.7 Å². The van der Waals surface area contributed by atoms with Gasteiger partial charge in [-0.05, 0) is 39.1 Å². The molecule has 7 nitrogen and oxygen atoms in total. The Morgan fingerprint density at radius 1 is 0.933 bits per heavy atom. The summed E-state index contributed by atoms with van der Waals surface area (Å²) in [5, 5.41) is 16.7. The highest BCUT2D eigenvalue weighted by Crippen LogP contribution is 2.23. The van der Waals surface area contributed by atoms with Crippen molar-refractivity contribution in [1.82, 2.24) is 30.3 Å². The van der Waals surface area contributed by atoms with Crippen LogP contribution in [0.1, 0.15) is 11.3 Å². The Morgan fingerprint density at radius 3 is 2.40 bits per heavy atom. The van der Waals surface area contributed by atoms with E-state index in [9.17, 15) is 0 Å². The van der Waals surface area contributed by atoms with Crippen LogP contribution in [-0.2, 0) is 0 Å². The van der Waals surface area contributed by atoms with E-state index in [4.69, 9.17) is 4.98 Å². The summed E-state index contributed by atoms with van der Waals surface area (Å²) in [7, 11) is 2.14. The Morgan fingerprint density at radius 2 is 1.70 bits per heavy atom. The number of nitrogens with one attached hydrogen (secondary N) is 1. The first kappa shape index (κ1) is 20.0. The van der Waals surface area contributed by atoms with Crippen molar-refractivity contribution >= 4 is 16.7 Å². The van der Waals surface area contributed by atoms with E-state index in [0.29, 0.717) is 5.82 Å². The Labute approximate surface area is 176 Å². The van der Waals surface area contributed by atoms with Gasteiger partial charge in [0.05, 0.1) is 11.7 Å². The minimum atomic E-state index is 0.656. The molecular formula is C23H27N7. The number of benzene rings is 2. The van der Waals surface area contributed by atoms with E-state index in [1.54, 1.807) is 6.20 Å². The first-order valence-electron chi connectivity index (χ1n) is 10.2. The smallest absolute Gasteiger partial charge is 0.183 e. The molecule has 2 aromatic carbocycles. The second-order valence-corrected chi connectivity index (χ2v) is 7.66. The van der Waals surface area contributed by atoms with Crippen LogP contribution in [0.2, 0.25) is 0 Å². The third kappa shape index (κ3) is 4.63. The fraction of sp³-hybridized carbons (Fsp3) is 0.304. The van der Waals surface area contributed by atoms with Crippen molar-refractivity contribution in [3.63, 3.8) is 0 Å². The highest BCUT2D eigenvalue weighted by Gasteiger charge is 2.17. The van der Waals surface area contributed by atoms with Crippen molar-refractivity contribution in [2.45, 2.75) is 13.8 Å². The van der Waals surface area contributed by atoms with E-state index in [-0.39, 0.29) is 0 Å². The van der Waals surface area contributed by atoms with E-state index in [0.717, 1.165) is 54.2 Å². The summed E-state index contributed by atoms with van der Waals surface area (Å²) in [5.74, 6) is 1.55. The summed E-state index contributed by atoms with van der Waals surface area (Å²) < 4.78 is 0. The molecule has 1 aliphatic rings. The normalized spacial score (nSPS) is 14.4. The summed E-state index contributed by atoms with van der Waals surface area (Å²) >= 11 is 0. The third-order valence-corrected chi connectivity index (χ3v) is 5.32. The molecule has 0 saturated carbocycles. The zero-order chi connectivity index (χ0) is 20.9. The van der Waals surface area contributed by atoms with Crippen LogP contribution in [-0.4, -0.2) is 63.5 Å². The Hall–Kier alpha value is -3.32. The molecule has 0 amide bonds. The average Bonchev–Trinajstić information content (AvgIpc) is 3.15. The highest BCUT2D eigenvalue weighted by molar-refractivity contribution is 5.85. The second kappa shape index (κ2) is 9.00. The number of fused-ring (bicyclic) bond motifs is 1. The number of anilines is 1. The largest absolute Gasteiger partial charge is 0.353 e. The van der Waals surface area contributed by atoms with Crippen LogP contribution in [0.3, 0.4) is 0 Å². The number of aromatic nitrogens is 5. The molecule has 7 heteroatoms. The first-order valence-corrected chi connectivity index (χ1v) is 10.2. The van der Waals surface area contributed by atoms with Gasteiger partial charge in [-0.1, -0.05) is 35.9 Å². The summed E-state index contributed by atoms with van der Waals surface area (Å²) in [5.41, 5.74) is 4.28. The lowest BCUT2D eigenvalue weighted by atomic mass is 10.1. The molecule has 1 aliphatic heterocycles. The minimum absolute atomic E-state index is 0.656. The molecule has 30 heavy (non-hydrogen) atoms. The molecule has 0 radical (unpaired) electrons. The maximum atomic E-state index is 4.72. The summed E-state index contributed by atoms with van der Waals surface area (Å²) in [4.78, 5) is 9.30. The standard InChI is InChI=1S/C16H19N7.C7H8/c1-11-13-9-12(3-4-14(13)20-19-11)16-18-15(10-17-21-16)23-7-5-22(2)6-8-23;1-7-5-3-2-4-6-7/h3-4,9-10H,5-8H2,1-2H3,(H,19,20);2-6H,1H3. The lowest BCUT2D eigenvalue weighted by Crippen LogP contribution is -2.44. The average molecular weight is 402 g/mol. The number of nitrogens with zero attached hydrogens (tertiary/aromatic N) is 6. The monoisotopic (exact) mass is 401 g/mol. The molecule has 0 aliphatic carbocycles. The van der Waals surface area contributed by atoms with Crippen molar-refractivity contribution < 1.29 is 0 Å². The van der Waals surface area contributed by atoms with E-state index in [2.05, 4.69) is 62.4 Å². The maximum Gasteiger partial charge on any atom is 0.183 e. The first-order chi connectivity index (χ1) is 14.6. The van der Waals surface area contributed by atoms with Gasteiger partial charge in [-0.25, -0.2) is 4.98 Å². The highest BCUT2D eigenvalue weighted by atomic mass is 15.3. The van der Waals surface area contributed by atoms with Crippen molar-refractivity contribution in [3.05, 3.63) is 66.0 Å². The van der Waals surface area contributed by atoms with E-state index in [1.807, 2.05) is 37.3 Å². The summed E-state index contributed by atoms with van der Waals surface area (Å²) in [6, 6.07) is 16.3. The van der Waals surface area contributed by atoms with Gasteiger partial charge >= 0.3 is 0 Å². The fourth-order valence-electron chi connectivity index (χ4n) is 3.42. The Kier molecular flexibility index (Phi) is 5.99. The van der Waals surface area contributed by atoms with Gasteiger partial charge in [0.2, 0.25) is 0 Å². The Balaban J connectivity index is 0.000000265. The number of hydrogen-bond donors (Lipinski definition) is 1. The molecule has 0 spiro atoms. The van der Waals surface area contributed by atoms with Gasteiger partial charge in [-0.3, -0.25) is 5.10 Å². The van der Waals surface area contributed by atoms with Crippen LogP contribution < -0.4 is 4.90 Å². The molecular weight excluding hydrogens is 374 g/mol. The summed E-state index contributed by atoms with van der Waals surface area (Å²) in [6.07, 6.45) is 1.75. The molecule has 0 unspecified atom stereocenters. The topological polar surface area (TPSA) is 73.8 Å². The lowest BCUT2D eigenvalue weighted by Gasteiger charge is -2.32. The van der Waals surface area contributed by atoms with Crippen molar-refractivity contribution in [1.29, 1.82) is 0 Å². The second-order valence-electron chi connectivity index (χ2n) is 7.66. The number of aromatic amines is 1. The number of rotatable bonds is 2. The van der Waals surface area contributed by atoms with E-state index >= 15 is 0 Å². The molecule has 1 saturated heterocycles. The molecule has 3 heterocycles. The summed E-state index contributed by atoms with van der Waals surface area (Å²) in [6.45, 7) is 8.11. The predicted molar refractivity (Wildman–Crippen MR) is 121 cm³/mol. The maximum absolute atomic E-state index is 4.72. The zero-order valence-corrected chi connectivity index (χ0v) is 17.7. The quantitative estimate of drug-likeness (QED) is 0.554. The molecule has 1 fully saturated rings. The predicted octanol–water partition coefficient (Wildman–Crippen LogP) is 3.47. The third-order valence-electron chi connectivity index (χ3n) is 5.32. The zero-order valence-electron chi connectivity index (χ0n) is 17.7. The van der Waals surface area contributed by atoms with Crippen LogP contribution in [0.25, 0.3) is 22.3 Å². The van der Waals surface area contributed by atoms with Crippen LogP contribution >= 0.6 is 0 Å². The van der Waals surface area contributed by atoms with Gasteiger partial charge in [0.1, 0.15) is 0 Å². The number of H-pyrrole nitrogens is 1. The van der Waals surface area contributed by atoms with Crippen molar-refractivity contribution in [3.8, 4) is 11.4 Å². The molecule has 5 rings (SSSR count). The molecule has 2 aromatic heterocycles. The van der Waals surface area contributed by atoms with Gasteiger partial charge < -0.3 is 9.80 Å².